The van der Waals surface area contributed by atoms with Gasteiger partial charge in [-0.25, -0.2) is 4.79 Å². The standard InChI is InChI=1S/C21H25F3N2O5/c1-13(14-8-5-4-6-9-14)25-16-10-7-11-20(16,19(29)31-3)12-15(17(27)30-2)26-18(28)21(22,23)24/h4-6,8-9,13,15H,7,10-12H2,1-3H3,(H,26,28)/b25-16+/t13?,15-,20-/m0/s1. The van der Waals surface area contributed by atoms with Crippen LogP contribution >= 0.6 is 0 Å². The topological polar surface area (TPSA) is 94.1 Å². The predicted molar refractivity (Wildman–Crippen MR) is 105 cm³/mol. The predicted octanol–water partition coefficient (Wildman–Crippen LogP) is 3.14. The van der Waals surface area contributed by atoms with Crippen LogP contribution in [0.2, 0.25) is 0 Å². The number of alkyl halides is 3. The zero-order valence-electron chi connectivity index (χ0n) is 17.5. The molecule has 1 amide bonds. The van der Waals surface area contributed by atoms with Gasteiger partial charge in [0, 0.05) is 5.71 Å². The Bertz CT molecular complexity index is 841. The molecule has 1 unspecified atom stereocenters. The van der Waals surface area contributed by atoms with Crippen LogP contribution in [0.25, 0.3) is 0 Å². The van der Waals surface area contributed by atoms with E-state index in [0.717, 1.165) is 19.8 Å². The highest BCUT2D eigenvalue weighted by atomic mass is 19.4. The van der Waals surface area contributed by atoms with Crippen molar-refractivity contribution < 1.29 is 37.0 Å². The second kappa shape index (κ2) is 9.93. The molecule has 31 heavy (non-hydrogen) atoms. The minimum atomic E-state index is -5.20. The number of ether oxygens (including phenoxy) is 2. The van der Waals surface area contributed by atoms with Gasteiger partial charge in [-0.15, -0.1) is 0 Å². The first-order valence-corrected chi connectivity index (χ1v) is 9.71. The lowest BCUT2D eigenvalue weighted by Gasteiger charge is -2.31. The van der Waals surface area contributed by atoms with E-state index in [0.29, 0.717) is 18.6 Å². The summed E-state index contributed by atoms with van der Waals surface area (Å²) in [6.45, 7) is 1.83. The Morgan fingerprint density at radius 3 is 2.35 bits per heavy atom. The molecule has 1 fully saturated rings. The summed E-state index contributed by atoms with van der Waals surface area (Å²) < 4.78 is 47.8. The van der Waals surface area contributed by atoms with Crippen molar-refractivity contribution in [2.75, 3.05) is 14.2 Å². The van der Waals surface area contributed by atoms with E-state index in [1.54, 1.807) is 5.32 Å². The fourth-order valence-electron chi connectivity index (χ4n) is 3.81. The van der Waals surface area contributed by atoms with Gasteiger partial charge in [0.1, 0.15) is 11.5 Å². The number of nitrogens with one attached hydrogen (secondary N) is 1. The molecule has 1 aliphatic carbocycles. The van der Waals surface area contributed by atoms with Crippen molar-refractivity contribution in [2.24, 2.45) is 10.4 Å². The molecule has 0 aromatic heterocycles. The number of carbonyl (C=O) groups is 3. The molecule has 3 atom stereocenters. The average Bonchev–Trinajstić information content (AvgIpc) is 3.14. The van der Waals surface area contributed by atoms with Gasteiger partial charge in [0.15, 0.2) is 0 Å². The lowest BCUT2D eigenvalue weighted by Crippen LogP contribution is -2.52. The fraction of sp³-hybridized carbons (Fsp3) is 0.524. The second-order valence-electron chi connectivity index (χ2n) is 7.34. The summed E-state index contributed by atoms with van der Waals surface area (Å²) in [6, 6.07) is 7.23. The normalized spacial score (nSPS) is 21.9. The summed E-state index contributed by atoms with van der Waals surface area (Å²) in [5.74, 6) is -4.11. The van der Waals surface area contributed by atoms with E-state index < -0.39 is 41.9 Å². The maximum absolute atomic E-state index is 12.8. The molecular weight excluding hydrogens is 417 g/mol. The molecule has 7 nitrogen and oxygen atoms in total. The van der Waals surface area contributed by atoms with Crippen LogP contribution in [0.5, 0.6) is 0 Å². The van der Waals surface area contributed by atoms with Crippen LogP contribution in [-0.4, -0.2) is 50.0 Å². The highest BCUT2D eigenvalue weighted by molar-refractivity contribution is 6.08. The van der Waals surface area contributed by atoms with E-state index in [2.05, 4.69) is 9.73 Å². The van der Waals surface area contributed by atoms with Crippen LogP contribution in [0.15, 0.2) is 35.3 Å². The number of rotatable bonds is 7. The van der Waals surface area contributed by atoms with Crippen molar-refractivity contribution in [3.8, 4) is 0 Å². The lowest BCUT2D eigenvalue weighted by atomic mass is 9.78. The van der Waals surface area contributed by atoms with E-state index in [1.807, 2.05) is 37.3 Å². The summed E-state index contributed by atoms with van der Waals surface area (Å²) >= 11 is 0. The maximum Gasteiger partial charge on any atom is 0.471 e. The SMILES string of the molecule is COC(=O)[C@H](C[C@@]1(C(=O)OC)CCC/C1=N\C(C)c1ccccc1)NC(=O)C(F)(F)F. The molecule has 0 bridgehead atoms. The number of methoxy groups -OCH3 is 2. The number of halogens is 3. The molecule has 10 heteroatoms. The minimum Gasteiger partial charge on any atom is -0.468 e. The van der Waals surface area contributed by atoms with Crippen molar-refractivity contribution in [1.82, 2.24) is 5.32 Å². The quantitative estimate of drug-likeness (QED) is 0.655. The van der Waals surface area contributed by atoms with Gasteiger partial charge in [-0.2, -0.15) is 13.2 Å². The monoisotopic (exact) mass is 442 g/mol. The molecular formula is C21H25F3N2O5. The zero-order chi connectivity index (χ0) is 23.2. The van der Waals surface area contributed by atoms with Crippen molar-refractivity contribution in [3.63, 3.8) is 0 Å². The fourth-order valence-corrected chi connectivity index (χ4v) is 3.81. The summed E-state index contributed by atoms with van der Waals surface area (Å²) in [5, 5.41) is 1.64. The smallest absolute Gasteiger partial charge is 0.468 e. The molecule has 1 aromatic carbocycles. The molecule has 1 aromatic rings. The van der Waals surface area contributed by atoms with Gasteiger partial charge in [-0.3, -0.25) is 14.6 Å². The first-order valence-electron chi connectivity index (χ1n) is 9.71. The number of hydrogen-bond donors (Lipinski definition) is 1. The van der Waals surface area contributed by atoms with Crippen molar-refractivity contribution in [3.05, 3.63) is 35.9 Å². The van der Waals surface area contributed by atoms with Gasteiger partial charge in [0.05, 0.1) is 20.3 Å². The molecule has 1 saturated carbocycles. The van der Waals surface area contributed by atoms with Crippen molar-refractivity contribution in [2.45, 2.75) is 50.9 Å². The van der Waals surface area contributed by atoms with Gasteiger partial charge in [-0.05, 0) is 38.2 Å². The van der Waals surface area contributed by atoms with E-state index in [1.165, 1.54) is 0 Å². The Morgan fingerprint density at radius 2 is 1.81 bits per heavy atom. The van der Waals surface area contributed by atoms with Gasteiger partial charge >= 0.3 is 24.0 Å². The van der Waals surface area contributed by atoms with Crippen LogP contribution in [-0.2, 0) is 23.9 Å². The van der Waals surface area contributed by atoms with E-state index in [4.69, 9.17) is 4.74 Å². The number of nitrogens with zero attached hydrogens (tertiary/aromatic N) is 1. The number of benzene rings is 1. The molecule has 1 N–H and O–H groups in total. The highest BCUT2D eigenvalue weighted by Crippen LogP contribution is 2.42. The first-order chi connectivity index (χ1) is 14.5. The van der Waals surface area contributed by atoms with Crippen molar-refractivity contribution in [1.29, 1.82) is 0 Å². The Labute approximate surface area is 178 Å². The van der Waals surface area contributed by atoms with Crippen LogP contribution in [0, 0.1) is 5.41 Å². The summed E-state index contributed by atoms with van der Waals surface area (Å²) in [4.78, 5) is 41.1. The third kappa shape index (κ3) is 5.62. The van der Waals surface area contributed by atoms with Gasteiger partial charge in [0.25, 0.3) is 0 Å². The summed E-state index contributed by atoms with van der Waals surface area (Å²) in [6.07, 6.45) is -4.49. The highest BCUT2D eigenvalue weighted by Gasteiger charge is 2.51. The van der Waals surface area contributed by atoms with Crippen LogP contribution in [0.4, 0.5) is 13.2 Å². The summed E-state index contributed by atoms with van der Waals surface area (Å²) in [5.41, 5.74) is -0.142. The van der Waals surface area contributed by atoms with Gasteiger partial charge in [0.2, 0.25) is 0 Å². The number of carbonyl (C=O) groups excluding carboxylic acids is 3. The Morgan fingerprint density at radius 1 is 1.16 bits per heavy atom. The third-order valence-electron chi connectivity index (χ3n) is 5.38. The van der Waals surface area contributed by atoms with Crippen LogP contribution in [0.1, 0.15) is 44.2 Å². The Kier molecular flexibility index (Phi) is 7.80. The number of aliphatic imine (C=N–C) groups is 1. The zero-order valence-corrected chi connectivity index (χ0v) is 17.5. The van der Waals surface area contributed by atoms with Crippen LogP contribution < -0.4 is 5.32 Å². The first kappa shape index (κ1) is 24.4. The minimum absolute atomic E-state index is 0.218. The molecule has 170 valence electrons. The number of esters is 2. The Balaban J connectivity index is 2.43. The van der Waals surface area contributed by atoms with Crippen LogP contribution in [0.3, 0.4) is 0 Å². The molecule has 0 saturated heterocycles. The third-order valence-corrected chi connectivity index (χ3v) is 5.38. The maximum atomic E-state index is 12.8. The molecule has 2 rings (SSSR count). The molecule has 0 spiro atoms. The molecule has 1 aliphatic rings. The van der Waals surface area contributed by atoms with Gasteiger partial charge in [-0.1, -0.05) is 30.3 Å². The largest absolute Gasteiger partial charge is 0.471 e. The van der Waals surface area contributed by atoms with E-state index in [9.17, 15) is 27.6 Å². The molecule has 0 aliphatic heterocycles. The lowest BCUT2D eigenvalue weighted by molar-refractivity contribution is -0.176. The molecule has 0 heterocycles. The van der Waals surface area contributed by atoms with Crippen molar-refractivity contribution >= 4 is 23.6 Å². The molecule has 0 radical (unpaired) electrons. The number of amides is 1. The van der Waals surface area contributed by atoms with Gasteiger partial charge < -0.3 is 14.8 Å². The second-order valence-corrected chi connectivity index (χ2v) is 7.34. The summed E-state index contributed by atoms with van der Waals surface area (Å²) in [7, 11) is 2.14. The van der Waals surface area contributed by atoms with E-state index in [-0.39, 0.29) is 12.5 Å². The Hall–Kier alpha value is -2.91. The van der Waals surface area contributed by atoms with E-state index >= 15 is 0 Å². The average molecular weight is 442 g/mol. The number of hydrogen-bond acceptors (Lipinski definition) is 6.